The monoisotopic (exact) mass is 490 g/mol. The van der Waals surface area contributed by atoms with Crippen LogP contribution in [0.3, 0.4) is 0 Å². The van der Waals surface area contributed by atoms with Crippen LogP contribution in [-0.2, 0) is 4.79 Å². The van der Waals surface area contributed by atoms with Crippen LogP contribution in [0, 0.1) is 0 Å². The van der Waals surface area contributed by atoms with E-state index in [1.54, 1.807) is 18.2 Å². The molecule has 0 aliphatic carbocycles. The summed E-state index contributed by atoms with van der Waals surface area (Å²) in [5, 5.41) is 2.14. The van der Waals surface area contributed by atoms with Crippen molar-refractivity contribution < 1.29 is 9.53 Å². The van der Waals surface area contributed by atoms with Gasteiger partial charge in [0.25, 0.3) is 0 Å². The summed E-state index contributed by atoms with van der Waals surface area (Å²) in [6, 6.07) is 15.0. The van der Waals surface area contributed by atoms with Crippen LogP contribution in [0.25, 0.3) is 5.57 Å². The number of hydrogen-bond acceptors (Lipinski definition) is 5. The Hall–Kier alpha value is -3.32. The van der Waals surface area contributed by atoms with Gasteiger partial charge < -0.3 is 14.5 Å². The number of amides is 1. The van der Waals surface area contributed by atoms with E-state index < -0.39 is 0 Å². The van der Waals surface area contributed by atoms with Crippen molar-refractivity contribution in [2.75, 3.05) is 44.8 Å². The molecule has 0 saturated carbocycles. The smallest absolute Gasteiger partial charge is 0.310 e. The second kappa shape index (κ2) is 11.4. The topological polar surface area (TPSA) is 48.1 Å². The van der Waals surface area contributed by atoms with Crippen LogP contribution in [0.2, 0.25) is 5.02 Å². The van der Waals surface area contributed by atoms with Gasteiger partial charge >= 0.3 is 5.91 Å². The molecule has 4 rings (SSSR count). The maximum absolute atomic E-state index is 13.7. The first-order valence-corrected chi connectivity index (χ1v) is 12.1. The Kier molecular flexibility index (Phi) is 8.08. The minimum absolute atomic E-state index is 0.236. The Morgan fingerprint density at radius 3 is 2.37 bits per heavy atom. The summed E-state index contributed by atoms with van der Waals surface area (Å²) in [5.74, 6) is 0.721. The van der Waals surface area contributed by atoms with E-state index in [0.29, 0.717) is 28.8 Å². The molecule has 182 valence electrons. The van der Waals surface area contributed by atoms with Gasteiger partial charge in [0.15, 0.2) is 0 Å². The zero-order valence-electron chi connectivity index (χ0n) is 20.2. The maximum Gasteiger partial charge on any atom is 0.310 e. The first-order chi connectivity index (χ1) is 17.0. The number of hydrazine groups is 1. The van der Waals surface area contributed by atoms with E-state index in [9.17, 15) is 4.79 Å². The van der Waals surface area contributed by atoms with E-state index in [1.807, 2.05) is 61.5 Å². The Morgan fingerprint density at radius 1 is 1.06 bits per heavy atom. The summed E-state index contributed by atoms with van der Waals surface area (Å²) < 4.78 is 6.30. The van der Waals surface area contributed by atoms with Gasteiger partial charge in [-0.1, -0.05) is 54.6 Å². The second-order valence-electron chi connectivity index (χ2n) is 8.48. The van der Waals surface area contributed by atoms with Crippen LogP contribution in [0.15, 0.2) is 90.9 Å². The van der Waals surface area contributed by atoms with Crippen LogP contribution in [0.1, 0.15) is 12.5 Å². The molecule has 0 radical (unpaired) electrons. The summed E-state index contributed by atoms with van der Waals surface area (Å²) in [4.78, 5) is 18.2. The van der Waals surface area contributed by atoms with Crippen molar-refractivity contribution in [2.45, 2.75) is 6.92 Å². The minimum Gasteiger partial charge on any atom is -0.450 e. The molecule has 0 atom stereocenters. The molecule has 2 aliphatic heterocycles. The molecule has 2 aromatic rings. The number of rotatable bonds is 7. The third-order valence-corrected chi connectivity index (χ3v) is 6.42. The SMILES string of the molecule is C=C/C=C\C(=C/C)c1ccc(OC2=C(N3CCN(C)CC3)CNN(c3ccc(Cl)cc3)C2=O)cc1. The summed E-state index contributed by atoms with van der Waals surface area (Å²) in [7, 11) is 2.11. The van der Waals surface area contributed by atoms with Crippen molar-refractivity contribution in [3.8, 4) is 5.75 Å². The summed E-state index contributed by atoms with van der Waals surface area (Å²) in [6.07, 6.45) is 7.72. The lowest BCUT2D eigenvalue weighted by molar-refractivity contribution is -0.118. The van der Waals surface area contributed by atoms with E-state index in [2.05, 4.69) is 28.9 Å². The fraction of sp³-hybridized carbons (Fsp3) is 0.250. The van der Waals surface area contributed by atoms with Crippen molar-refractivity contribution in [1.29, 1.82) is 0 Å². The highest BCUT2D eigenvalue weighted by atomic mass is 35.5. The number of piperazine rings is 1. The molecule has 1 fully saturated rings. The number of carbonyl (C=O) groups is 1. The van der Waals surface area contributed by atoms with Gasteiger partial charge in [0.05, 0.1) is 17.9 Å². The number of hydrogen-bond donors (Lipinski definition) is 1. The number of halogens is 1. The molecule has 2 aromatic carbocycles. The van der Waals surface area contributed by atoms with Gasteiger partial charge in [-0.15, -0.1) is 0 Å². The van der Waals surface area contributed by atoms with Crippen LogP contribution in [0.4, 0.5) is 5.69 Å². The number of allylic oxidation sites excluding steroid dienone is 5. The highest BCUT2D eigenvalue weighted by Crippen LogP contribution is 2.28. The van der Waals surface area contributed by atoms with Gasteiger partial charge in [0.1, 0.15) is 5.75 Å². The van der Waals surface area contributed by atoms with E-state index in [4.69, 9.17) is 16.3 Å². The highest BCUT2D eigenvalue weighted by molar-refractivity contribution is 6.30. The number of anilines is 1. The quantitative estimate of drug-likeness (QED) is 0.561. The number of carbonyl (C=O) groups excluding carboxylic acids is 1. The van der Waals surface area contributed by atoms with Crippen molar-refractivity contribution in [3.05, 3.63) is 101 Å². The maximum atomic E-state index is 13.7. The van der Waals surface area contributed by atoms with Gasteiger partial charge in [0.2, 0.25) is 5.76 Å². The second-order valence-corrected chi connectivity index (χ2v) is 8.92. The molecule has 0 unspecified atom stereocenters. The standard InChI is InChI=1S/C28H31ClN4O2/c1-4-6-7-21(5-2)22-8-14-25(15-9-22)35-27-26(32-18-16-31(3)17-19-32)20-30-33(28(27)34)24-12-10-23(29)11-13-24/h4-15,30H,1,16-20H2,2-3H3/b7-6-,21-5+. The molecule has 2 aliphatic rings. The van der Waals surface area contributed by atoms with Crippen molar-refractivity contribution >= 4 is 28.8 Å². The third kappa shape index (κ3) is 5.85. The van der Waals surface area contributed by atoms with E-state index in [-0.39, 0.29) is 5.91 Å². The molecule has 2 heterocycles. The zero-order chi connectivity index (χ0) is 24.8. The van der Waals surface area contributed by atoms with Crippen LogP contribution < -0.4 is 15.2 Å². The van der Waals surface area contributed by atoms with E-state index in [0.717, 1.165) is 43.0 Å². The number of benzene rings is 2. The largest absolute Gasteiger partial charge is 0.450 e. The lowest BCUT2D eigenvalue weighted by Crippen LogP contribution is -2.54. The van der Waals surface area contributed by atoms with Gasteiger partial charge in [-0.25, -0.2) is 10.4 Å². The van der Waals surface area contributed by atoms with E-state index in [1.165, 1.54) is 5.01 Å². The average Bonchev–Trinajstić information content (AvgIpc) is 2.88. The lowest BCUT2D eigenvalue weighted by Gasteiger charge is -2.39. The predicted octanol–water partition coefficient (Wildman–Crippen LogP) is 4.87. The van der Waals surface area contributed by atoms with Crippen molar-refractivity contribution in [2.24, 2.45) is 0 Å². The molecule has 35 heavy (non-hydrogen) atoms. The average molecular weight is 491 g/mol. The fourth-order valence-corrected chi connectivity index (χ4v) is 4.25. The molecule has 0 spiro atoms. The number of ether oxygens (including phenoxy) is 1. The summed E-state index contributed by atoms with van der Waals surface area (Å²) in [6.45, 7) is 9.77. The first-order valence-electron chi connectivity index (χ1n) is 11.7. The van der Waals surface area contributed by atoms with Crippen molar-refractivity contribution in [1.82, 2.24) is 15.2 Å². The molecule has 6 nitrogen and oxygen atoms in total. The highest BCUT2D eigenvalue weighted by Gasteiger charge is 2.33. The lowest BCUT2D eigenvalue weighted by atomic mass is 10.1. The summed E-state index contributed by atoms with van der Waals surface area (Å²) >= 11 is 6.05. The predicted molar refractivity (Wildman–Crippen MR) is 143 cm³/mol. The Morgan fingerprint density at radius 2 is 1.74 bits per heavy atom. The Labute approximate surface area is 212 Å². The molecule has 1 amide bonds. The van der Waals surface area contributed by atoms with Gasteiger partial charge in [0, 0.05) is 31.2 Å². The van der Waals surface area contributed by atoms with Gasteiger partial charge in [-0.3, -0.25) is 4.79 Å². The molecular formula is C28H31ClN4O2. The molecule has 7 heteroatoms. The number of likely N-dealkylation sites (N-methyl/N-ethyl adjacent to an activating group) is 1. The molecule has 1 N–H and O–H groups in total. The van der Waals surface area contributed by atoms with Gasteiger partial charge in [-0.2, -0.15) is 0 Å². The molecule has 1 saturated heterocycles. The third-order valence-electron chi connectivity index (χ3n) is 6.16. The number of nitrogens with zero attached hydrogens (tertiary/aromatic N) is 3. The van der Waals surface area contributed by atoms with Gasteiger partial charge in [-0.05, 0) is 61.5 Å². The Bertz CT molecular complexity index is 1140. The molecule has 0 aromatic heterocycles. The zero-order valence-corrected chi connectivity index (χ0v) is 21.0. The van der Waals surface area contributed by atoms with Crippen molar-refractivity contribution in [3.63, 3.8) is 0 Å². The first kappa shape index (κ1) is 24.8. The summed E-state index contributed by atoms with van der Waals surface area (Å²) in [5.41, 5.74) is 6.98. The number of nitrogens with one attached hydrogen (secondary N) is 1. The fourth-order valence-electron chi connectivity index (χ4n) is 4.13. The van der Waals surface area contributed by atoms with E-state index >= 15 is 0 Å². The molecule has 0 bridgehead atoms. The Balaban J connectivity index is 1.63. The molecular weight excluding hydrogens is 460 g/mol. The van der Waals surface area contributed by atoms with Crippen LogP contribution in [0.5, 0.6) is 5.75 Å². The minimum atomic E-state index is -0.236. The van der Waals surface area contributed by atoms with Crippen LogP contribution >= 0.6 is 11.6 Å². The van der Waals surface area contributed by atoms with Crippen LogP contribution in [-0.4, -0.2) is 55.5 Å². The normalized spacial score (nSPS) is 17.9.